The van der Waals surface area contributed by atoms with Gasteiger partial charge in [0.2, 0.25) is 0 Å². The minimum Gasteiger partial charge on any atom is -0.465 e. The number of carbonyl (C=O) groups is 1. The van der Waals surface area contributed by atoms with Crippen LogP contribution >= 0.6 is 0 Å². The van der Waals surface area contributed by atoms with Gasteiger partial charge in [-0.2, -0.15) is 0 Å². The maximum atomic E-state index is 13.0. The molecule has 1 aromatic heterocycles. The molecule has 132 valence electrons. The second-order valence-electron chi connectivity index (χ2n) is 5.97. The van der Waals surface area contributed by atoms with Crippen LogP contribution < -0.4 is 5.43 Å². The van der Waals surface area contributed by atoms with E-state index in [-0.39, 0.29) is 5.43 Å². The molecule has 0 fully saturated rings. The summed E-state index contributed by atoms with van der Waals surface area (Å²) in [6.45, 7) is 2.01. The summed E-state index contributed by atoms with van der Waals surface area (Å²) in [5, 5.41) is 0.396. The van der Waals surface area contributed by atoms with E-state index >= 15 is 0 Å². The summed E-state index contributed by atoms with van der Waals surface area (Å²) in [6, 6.07) is 14.6. The number of hydrogen-bond acceptors (Lipinski definition) is 4. The summed E-state index contributed by atoms with van der Waals surface area (Å²) in [5.41, 5.74) is 2.33. The van der Waals surface area contributed by atoms with Crippen LogP contribution in [-0.4, -0.2) is 13.1 Å². The first kappa shape index (κ1) is 17.7. The third kappa shape index (κ3) is 3.59. The highest BCUT2D eigenvalue weighted by Gasteiger charge is 2.14. The molecule has 0 atom stereocenters. The molecule has 0 spiro atoms. The van der Waals surface area contributed by atoms with Crippen molar-refractivity contribution in [2.24, 2.45) is 0 Å². The van der Waals surface area contributed by atoms with Gasteiger partial charge in [0, 0.05) is 5.56 Å². The van der Waals surface area contributed by atoms with E-state index in [0.29, 0.717) is 34.3 Å². The lowest BCUT2D eigenvalue weighted by Gasteiger charge is -2.07. The molecule has 4 nitrogen and oxygen atoms in total. The third-order valence-electron chi connectivity index (χ3n) is 4.16. The van der Waals surface area contributed by atoms with Gasteiger partial charge in [0.15, 0.2) is 5.43 Å². The zero-order valence-electron chi connectivity index (χ0n) is 14.8. The Morgan fingerprint density at radius 3 is 2.58 bits per heavy atom. The Morgan fingerprint density at radius 2 is 1.88 bits per heavy atom. The van der Waals surface area contributed by atoms with Gasteiger partial charge in [-0.1, -0.05) is 49.8 Å². The number of carbonyl (C=O) groups excluding carboxylic acids is 1. The fraction of sp³-hybridized carbons (Fsp3) is 0.182. The van der Waals surface area contributed by atoms with E-state index in [1.165, 1.54) is 13.2 Å². The lowest BCUT2D eigenvalue weighted by atomic mass is 10.0. The van der Waals surface area contributed by atoms with E-state index in [4.69, 9.17) is 9.15 Å². The maximum absolute atomic E-state index is 13.0. The van der Waals surface area contributed by atoms with Gasteiger partial charge in [-0.15, -0.1) is 0 Å². The number of hydrogen-bond donors (Lipinski definition) is 0. The van der Waals surface area contributed by atoms with E-state index in [2.05, 4.69) is 0 Å². The number of fused-ring (bicyclic) bond motifs is 1. The minimum atomic E-state index is -0.476. The Hall–Kier alpha value is -3.14. The highest BCUT2D eigenvalue weighted by atomic mass is 16.5. The Kier molecular flexibility index (Phi) is 5.32. The van der Waals surface area contributed by atoms with Crippen molar-refractivity contribution < 1.29 is 13.9 Å². The van der Waals surface area contributed by atoms with Crippen LogP contribution in [0.1, 0.15) is 40.6 Å². The molecule has 1 heterocycles. The van der Waals surface area contributed by atoms with Gasteiger partial charge < -0.3 is 9.15 Å². The summed E-state index contributed by atoms with van der Waals surface area (Å²) in [6.07, 6.45) is 5.18. The molecule has 4 heteroatoms. The lowest BCUT2D eigenvalue weighted by Crippen LogP contribution is -2.12. The number of ether oxygens (including phenoxy) is 1. The molecule has 0 N–H and O–H groups in total. The van der Waals surface area contributed by atoms with E-state index in [0.717, 1.165) is 12.0 Å². The van der Waals surface area contributed by atoms with Crippen molar-refractivity contribution in [3.8, 4) is 0 Å². The summed E-state index contributed by atoms with van der Waals surface area (Å²) in [7, 11) is 1.31. The predicted octanol–water partition coefficient (Wildman–Crippen LogP) is 4.70. The molecular weight excluding hydrogens is 328 g/mol. The summed E-state index contributed by atoms with van der Waals surface area (Å²) in [4.78, 5) is 24.7. The van der Waals surface area contributed by atoms with Crippen LogP contribution in [0.4, 0.5) is 0 Å². The van der Waals surface area contributed by atoms with E-state index in [1.54, 1.807) is 12.1 Å². The number of methoxy groups -OCH3 is 1. The van der Waals surface area contributed by atoms with Gasteiger partial charge >= 0.3 is 5.97 Å². The van der Waals surface area contributed by atoms with Gasteiger partial charge in [0.05, 0.1) is 18.1 Å². The average molecular weight is 348 g/mol. The average Bonchev–Trinajstić information content (AvgIpc) is 2.69. The molecule has 0 saturated heterocycles. The van der Waals surface area contributed by atoms with Gasteiger partial charge in [0.25, 0.3) is 0 Å². The second-order valence-corrected chi connectivity index (χ2v) is 5.97. The van der Waals surface area contributed by atoms with Crippen LogP contribution in [0, 0.1) is 0 Å². The fourth-order valence-electron chi connectivity index (χ4n) is 2.85. The SMILES string of the molecule is CCCc1c(C=Cc2ccccc2)oc2ccc(C(=O)OC)cc2c1=O. The van der Waals surface area contributed by atoms with Crippen LogP contribution in [0.5, 0.6) is 0 Å². The molecular formula is C22H20O4. The summed E-state index contributed by atoms with van der Waals surface area (Å²) >= 11 is 0. The van der Waals surface area contributed by atoms with Crippen molar-refractivity contribution in [2.75, 3.05) is 7.11 Å². The molecule has 0 aliphatic carbocycles. The van der Waals surface area contributed by atoms with Crippen molar-refractivity contribution >= 4 is 29.1 Å². The standard InChI is InChI=1S/C22H20O4/c1-3-7-17-19(12-10-15-8-5-4-6-9-15)26-20-13-11-16(22(24)25-2)14-18(20)21(17)23/h4-6,8-14H,3,7H2,1-2H3. The molecule has 3 rings (SSSR count). The zero-order valence-corrected chi connectivity index (χ0v) is 14.8. The summed E-state index contributed by atoms with van der Waals surface area (Å²) in [5.74, 6) is 0.0791. The van der Waals surface area contributed by atoms with Crippen molar-refractivity contribution in [3.63, 3.8) is 0 Å². The molecule has 0 aliphatic rings. The van der Waals surface area contributed by atoms with Crippen molar-refractivity contribution in [3.05, 3.63) is 81.2 Å². The van der Waals surface area contributed by atoms with Gasteiger partial charge in [-0.25, -0.2) is 4.79 Å². The molecule has 0 amide bonds. The van der Waals surface area contributed by atoms with Crippen LogP contribution in [0.2, 0.25) is 0 Å². The normalized spacial score (nSPS) is 11.2. The maximum Gasteiger partial charge on any atom is 0.337 e. The molecule has 0 unspecified atom stereocenters. The smallest absolute Gasteiger partial charge is 0.337 e. The van der Waals surface area contributed by atoms with Crippen LogP contribution in [0.25, 0.3) is 23.1 Å². The largest absolute Gasteiger partial charge is 0.465 e. The molecule has 0 aliphatic heterocycles. The molecule has 0 bridgehead atoms. The Balaban J connectivity index is 2.14. The Labute approximate surface area is 151 Å². The third-order valence-corrected chi connectivity index (χ3v) is 4.16. The van der Waals surface area contributed by atoms with Crippen LogP contribution in [0.15, 0.2) is 57.7 Å². The topological polar surface area (TPSA) is 56.5 Å². The molecule has 0 saturated carbocycles. The fourth-order valence-corrected chi connectivity index (χ4v) is 2.85. The first-order valence-electron chi connectivity index (χ1n) is 8.55. The Morgan fingerprint density at radius 1 is 1.12 bits per heavy atom. The van der Waals surface area contributed by atoms with E-state index in [9.17, 15) is 9.59 Å². The quantitative estimate of drug-likeness (QED) is 0.627. The minimum absolute atomic E-state index is 0.105. The highest BCUT2D eigenvalue weighted by Crippen LogP contribution is 2.21. The van der Waals surface area contributed by atoms with E-state index < -0.39 is 5.97 Å². The van der Waals surface area contributed by atoms with Gasteiger partial charge in [-0.05, 0) is 36.3 Å². The van der Waals surface area contributed by atoms with Crippen LogP contribution in [0.3, 0.4) is 0 Å². The van der Waals surface area contributed by atoms with Crippen molar-refractivity contribution in [2.45, 2.75) is 19.8 Å². The molecule has 2 aromatic carbocycles. The zero-order chi connectivity index (χ0) is 18.5. The summed E-state index contributed by atoms with van der Waals surface area (Å²) < 4.78 is 10.7. The van der Waals surface area contributed by atoms with E-state index in [1.807, 2.05) is 49.4 Å². The predicted molar refractivity (Wildman–Crippen MR) is 103 cm³/mol. The highest BCUT2D eigenvalue weighted by molar-refractivity contribution is 5.94. The first-order valence-corrected chi connectivity index (χ1v) is 8.55. The van der Waals surface area contributed by atoms with Gasteiger partial charge in [-0.3, -0.25) is 4.79 Å². The monoisotopic (exact) mass is 348 g/mol. The first-order chi connectivity index (χ1) is 12.6. The molecule has 0 radical (unpaired) electrons. The van der Waals surface area contributed by atoms with Crippen molar-refractivity contribution in [1.29, 1.82) is 0 Å². The van der Waals surface area contributed by atoms with Crippen LogP contribution in [-0.2, 0) is 11.2 Å². The number of benzene rings is 2. The number of esters is 1. The lowest BCUT2D eigenvalue weighted by molar-refractivity contribution is 0.0601. The second kappa shape index (κ2) is 7.83. The van der Waals surface area contributed by atoms with Crippen molar-refractivity contribution in [1.82, 2.24) is 0 Å². The molecule has 3 aromatic rings. The molecule has 26 heavy (non-hydrogen) atoms. The number of rotatable bonds is 5. The Bertz CT molecular complexity index is 1010. The van der Waals surface area contributed by atoms with Gasteiger partial charge in [0.1, 0.15) is 11.3 Å².